The number of nitrogens with zero attached hydrogens (tertiary/aromatic N) is 7. The number of carbonyl (C=O) groups excluding carboxylic acids is 1. The Balaban J connectivity index is 1.29. The highest BCUT2D eigenvalue weighted by Crippen LogP contribution is 2.25. The number of carbonyl (C=O) groups is 1. The minimum absolute atomic E-state index is 0.134. The van der Waals surface area contributed by atoms with Crippen LogP contribution in [0.2, 0.25) is 0 Å². The van der Waals surface area contributed by atoms with Crippen LogP contribution in [0.4, 0.5) is 23.5 Å². The fraction of sp³-hybridized carbons (Fsp3) is 0.429. The van der Waals surface area contributed by atoms with E-state index in [-0.39, 0.29) is 11.9 Å². The van der Waals surface area contributed by atoms with Gasteiger partial charge in [0.2, 0.25) is 11.9 Å². The third-order valence-electron chi connectivity index (χ3n) is 6.89. The van der Waals surface area contributed by atoms with E-state index in [2.05, 4.69) is 35.3 Å². The summed E-state index contributed by atoms with van der Waals surface area (Å²) in [5.74, 6) is 1.63. The molecule has 0 aliphatic carbocycles. The van der Waals surface area contributed by atoms with E-state index in [0.29, 0.717) is 23.4 Å². The summed E-state index contributed by atoms with van der Waals surface area (Å²) < 4.78 is 0. The van der Waals surface area contributed by atoms with E-state index >= 15 is 0 Å². The third kappa shape index (κ3) is 6.47. The number of aromatic nitrogens is 3. The first kappa shape index (κ1) is 24.8. The maximum atomic E-state index is 12.4. The Morgan fingerprint density at radius 1 is 0.784 bits per heavy atom. The summed E-state index contributed by atoms with van der Waals surface area (Å²) in [5.41, 5.74) is 2.35. The number of hydrogen-bond acceptors (Lipinski definition) is 8. The molecule has 1 atom stereocenters. The molecule has 1 N–H and O–H groups in total. The summed E-state index contributed by atoms with van der Waals surface area (Å²) in [7, 11) is 0. The molecule has 2 fully saturated rings. The normalized spacial score (nSPS) is 17.1. The van der Waals surface area contributed by atoms with Crippen molar-refractivity contribution in [2.45, 2.75) is 51.5 Å². The largest absolute Gasteiger partial charge is 0.341 e. The van der Waals surface area contributed by atoms with Gasteiger partial charge in [0, 0.05) is 37.4 Å². The second-order valence-corrected chi connectivity index (χ2v) is 9.66. The lowest BCUT2D eigenvalue weighted by atomic mass is 10.1. The molecule has 3 aromatic rings. The van der Waals surface area contributed by atoms with Gasteiger partial charge in [0.05, 0.1) is 6.04 Å². The quantitative estimate of drug-likeness (QED) is 0.404. The third-order valence-corrected chi connectivity index (χ3v) is 6.89. The minimum Gasteiger partial charge on any atom is -0.341 e. The summed E-state index contributed by atoms with van der Waals surface area (Å²) in [6.45, 7) is 5.83. The van der Waals surface area contributed by atoms with Crippen molar-refractivity contribution in [1.29, 1.82) is 0 Å². The monoisotopic (exact) mass is 498 g/mol. The Morgan fingerprint density at radius 2 is 1.35 bits per heavy atom. The molecule has 1 amide bonds. The highest BCUT2D eigenvalue weighted by atomic mass is 16.1. The molecule has 1 unspecified atom stereocenters. The number of piperidine rings is 2. The number of anilines is 3. The average molecular weight is 499 g/mol. The lowest BCUT2D eigenvalue weighted by molar-refractivity contribution is 0.102. The smallest absolute Gasteiger partial charge is 0.275 e. The Bertz CT molecular complexity index is 1170. The lowest BCUT2D eigenvalue weighted by Gasteiger charge is -2.29. The van der Waals surface area contributed by atoms with Gasteiger partial charge in [-0.2, -0.15) is 20.1 Å². The fourth-order valence-electron chi connectivity index (χ4n) is 4.70. The molecule has 2 aliphatic heterocycles. The summed E-state index contributed by atoms with van der Waals surface area (Å²) in [5, 5.41) is 11.9. The summed E-state index contributed by atoms with van der Waals surface area (Å²) in [6.07, 6.45) is 7.11. The van der Waals surface area contributed by atoms with Crippen LogP contribution in [0, 0.1) is 0 Å². The van der Waals surface area contributed by atoms with Crippen molar-refractivity contribution < 1.29 is 4.79 Å². The van der Waals surface area contributed by atoms with Crippen molar-refractivity contribution in [2.75, 3.05) is 41.3 Å². The van der Waals surface area contributed by atoms with Crippen molar-refractivity contribution in [3.8, 4) is 0 Å². The summed E-state index contributed by atoms with van der Waals surface area (Å²) in [6, 6.07) is 16.7. The molecule has 37 heavy (non-hydrogen) atoms. The van der Waals surface area contributed by atoms with Crippen LogP contribution >= 0.6 is 0 Å². The molecule has 2 aromatic carbocycles. The highest BCUT2D eigenvalue weighted by Gasteiger charge is 2.20. The van der Waals surface area contributed by atoms with E-state index in [9.17, 15) is 4.79 Å². The number of nitrogens with one attached hydrogen (secondary N) is 1. The van der Waals surface area contributed by atoms with Crippen LogP contribution in [-0.4, -0.2) is 47.0 Å². The van der Waals surface area contributed by atoms with Gasteiger partial charge in [0.15, 0.2) is 0 Å². The SMILES string of the molecule is CC(N=Nc1nc(N2CCCCC2)nc(N2CCCCC2)n1)c1ccc(NC(=O)c2ccccc2)cc1. The lowest BCUT2D eigenvalue weighted by Crippen LogP contribution is -2.34. The molecular formula is C28H34N8O. The second kappa shape index (κ2) is 11.9. The topological polar surface area (TPSA) is 99.0 Å². The Labute approximate surface area is 218 Å². The van der Waals surface area contributed by atoms with Gasteiger partial charge < -0.3 is 15.1 Å². The standard InChI is InChI=1S/C28H34N8O/c1-21(22-13-15-24(16-14-22)29-25(37)23-11-5-2-6-12-23)33-34-26-30-27(35-17-7-3-8-18-35)32-28(31-26)36-19-9-4-10-20-36/h2,5-6,11-16,21H,3-4,7-10,17-20H2,1H3,(H,29,37). The van der Waals surface area contributed by atoms with Crippen LogP contribution in [0.5, 0.6) is 0 Å². The van der Waals surface area contributed by atoms with Crippen molar-refractivity contribution in [3.63, 3.8) is 0 Å². The molecule has 0 bridgehead atoms. The zero-order valence-corrected chi connectivity index (χ0v) is 21.4. The highest BCUT2D eigenvalue weighted by molar-refractivity contribution is 6.04. The summed E-state index contributed by atoms with van der Waals surface area (Å²) >= 11 is 0. The van der Waals surface area contributed by atoms with Crippen molar-refractivity contribution in [2.24, 2.45) is 10.2 Å². The van der Waals surface area contributed by atoms with Crippen LogP contribution in [0.25, 0.3) is 0 Å². The zero-order valence-electron chi connectivity index (χ0n) is 21.4. The van der Waals surface area contributed by atoms with Crippen LogP contribution in [0.15, 0.2) is 64.8 Å². The van der Waals surface area contributed by atoms with E-state index in [1.165, 1.54) is 12.8 Å². The Kier molecular flexibility index (Phi) is 7.98. The van der Waals surface area contributed by atoms with Gasteiger partial charge in [0.25, 0.3) is 11.9 Å². The minimum atomic E-state index is -0.187. The van der Waals surface area contributed by atoms with Gasteiger partial charge in [-0.1, -0.05) is 30.3 Å². The predicted molar refractivity (Wildman–Crippen MR) is 146 cm³/mol. The van der Waals surface area contributed by atoms with E-state index in [1.807, 2.05) is 49.4 Å². The van der Waals surface area contributed by atoms with Crippen molar-refractivity contribution in [1.82, 2.24) is 15.0 Å². The molecule has 9 nitrogen and oxygen atoms in total. The number of benzene rings is 2. The Hall–Kier alpha value is -3.88. The second-order valence-electron chi connectivity index (χ2n) is 9.66. The molecule has 3 heterocycles. The van der Waals surface area contributed by atoms with E-state index < -0.39 is 0 Å². The van der Waals surface area contributed by atoms with Crippen molar-refractivity contribution in [3.05, 3.63) is 65.7 Å². The molecule has 2 aliphatic rings. The van der Waals surface area contributed by atoms with E-state index in [0.717, 1.165) is 63.1 Å². The summed E-state index contributed by atoms with van der Waals surface area (Å²) in [4.78, 5) is 31.0. The van der Waals surface area contributed by atoms with Gasteiger partial charge >= 0.3 is 0 Å². The first-order chi connectivity index (χ1) is 18.2. The zero-order chi connectivity index (χ0) is 25.5. The van der Waals surface area contributed by atoms with Crippen molar-refractivity contribution >= 4 is 29.4 Å². The molecule has 1 aromatic heterocycles. The first-order valence-electron chi connectivity index (χ1n) is 13.3. The molecule has 2 saturated heterocycles. The van der Waals surface area contributed by atoms with E-state index in [1.54, 1.807) is 12.1 Å². The fourth-order valence-corrected chi connectivity index (χ4v) is 4.70. The van der Waals surface area contributed by atoms with Crippen LogP contribution in [0.3, 0.4) is 0 Å². The molecule has 9 heteroatoms. The average Bonchev–Trinajstić information content (AvgIpc) is 2.97. The molecular weight excluding hydrogens is 464 g/mol. The number of rotatable bonds is 7. The first-order valence-corrected chi connectivity index (χ1v) is 13.3. The maximum Gasteiger partial charge on any atom is 0.275 e. The molecule has 0 spiro atoms. The molecule has 0 saturated carbocycles. The Morgan fingerprint density at radius 3 is 1.92 bits per heavy atom. The van der Waals surface area contributed by atoms with Gasteiger partial charge in [0.1, 0.15) is 0 Å². The maximum absolute atomic E-state index is 12.4. The molecule has 5 rings (SSSR count). The van der Waals surface area contributed by atoms with Gasteiger partial charge in [-0.05, 0) is 75.3 Å². The van der Waals surface area contributed by atoms with Crippen LogP contribution in [0.1, 0.15) is 67.4 Å². The number of amides is 1. The molecule has 0 radical (unpaired) electrons. The van der Waals surface area contributed by atoms with Gasteiger partial charge in [-0.25, -0.2) is 0 Å². The van der Waals surface area contributed by atoms with E-state index in [4.69, 9.17) is 4.98 Å². The number of azo groups is 1. The van der Waals surface area contributed by atoms with Crippen LogP contribution in [-0.2, 0) is 0 Å². The molecule has 192 valence electrons. The van der Waals surface area contributed by atoms with Crippen LogP contribution < -0.4 is 15.1 Å². The number of hydrogen-bond donors (Lipinski definition) is 1. The van der Waals surface area contributed by atoms with Gasteiger partial charge in [-0.3, -0.25) is 4.79 Å². The van der Waals surface area contributed by atoms with Gasteiger partial charge in [-0.15, -0.1) is 5.11 Å². The predicted octanol–water partition coefficient (Wildman–Crippen LogP) is 5.95.